The van der Waals surface area contributed by atoms with Gasteiger partial charge < -0.3 is 10.0 Å². The maximum Gasteiger partial charge on any atom is 0.309 e. The number of hydrogen-bond donors (Lipinski definition) is 1. The van der Waals surface area contributed by atoms with Gasteiger partial charge in [-0.05, 0) is 46.3 Å². The van der Waals surface area contributed by atoms with E-state index in [0.29, 0.717) is 18.5 Å². The Balaban J connectivity index is 2.39. The van der Waals surface area contributed by atoms with Gasteiger partial charge in [0.05, 0.1) is 5.41 Å². The highest BCUT2D eigenvalue weighted by atomic mass is 19.1. The predicted molar refractivity (Wildman–Crippen MR) is 73.4 cm³/mol. The van der Waals surface area contributed by atoms with Crippen molar-refractivity contribution < 1.29 is 14.3 Å². The van der Waals surface area contributed by atoms with Gasteiger partial charge in [-0.3, -0.25) is 4.79 Å². The highest BCUT2D eigenvalue weighted by Crippen LogP contribution is 2.22. The van der Waals surface area contributed by atoms with E-state index < -0.39 is 11.4 Å². The molecule has 4 heteroatoms. The zero-order chi connectivity index (χ0) is 14.5. The van der Waals surface area contributed by atoms with Crippen molar-refractivity contribution >= 4 is 5.97 Å². The summed E-state index contributed by atoms with van der Waals surface area (Å²) in [5.74, 6) is -0.968. The lowest BCUT2D eigenvalue weighted by molar-refractivity contribution is -0.147. The topological polar surface area (TPSA) is 40.5 Å². The number of rotatable bonds is 7. The van der Waals surface area contributed by atoms with Crippen molar-refractivity contribution in [2.75, 3.05) is 13.6 Å². The van der Waals surface area contributed by atoms with E-state index in [0.717, 1.165) is 13.0 Å². The van der Waals surface area contributed by atoms with E-state index in [9.17, 15) is 9.18 Å². The molecule has 0 aliphatic rings. The molecular weight excluding hydrogens is 245 g/mol. The summed E-state index contributed by atoms with van der Waals surface area (Å²) in [6.07, 6.45) is 1.40. The van der Waals surface area contributed by atoms with Gasteiger partial charge >= 0.3 is 5.97 Å². The number of carbonyl (C=O) groups is 1. The van der Waals surface area contributed by atoms with Crippen LogP contribution in [0.4, 0.5) is 4.39 Å². The Bertz CT molecular complexity index is 432. The molecule has 1 N–H and O–H groups in total. The van der Waals surface area contributed by atoms with Crippen molar-refractivity contribution in [2.45, 2.75) is 33.2 Å². The average molecular weight is 267 g/mol. The third-order valence-electron chi connectivity index (χ3n) is 3.32. The summed E-state index contributed by atoms with van der Waals surface area (Å²) < 4.78 is 13.5. The van der Waals surface area contributed by atoms with Crippen LogP contribution in [0, 0.1) is 11.2 Å². The molecule has 0 fully saturated rings. The van der Waals surface area contributed by atoms with E-state index in [4.69, 9.17) is 5.11 Å². The molecule has 0 unspecified atom stereocenters. The summed E-state index contributed by atoms with van der Waals surface area (Å²) in [6.45, 7) is 4.75. The number of hydrogen-bond acceptors (Lipinski definition) is 2. The Morgan fingerprint density at radius 1 is 1.37 bits per heavy atom. The van der Waals surface area contributed by atoms with Crippen LogP contribution in [-0.4, -0.2) is 29.6 Å². The first-order valence-corrected chi connectivity index (χ1v) is 6.48. The highest BCUT2D eigenvalue weighted by Gasteiger charge is 2.26. The summed E-state index contributed by atoms with van der Waals surface area (Å²) in [5, 5.41) is 9.01. The molecule has 19 heavy (non-hydrogen) atoms. The Kier molecular flexibility index (Phi) is 5.48. The van der Waals surface area contributed by atoms with Crippen LogP contribution in [0.2, 0.25) is 0 Å². The lowest BCUT2D eigenvalue weighted by Gasteiger charge is -2.22. The number of nitrogens with zero attached hydrogens (tertiary/aromatic N) is 1. The molecule has 0 atom stereocenters. The van der Waals surface area contributed by atoms with Crippen molar-refractivity contribution in [3.05, 3.63) is 35.6 Å². The molecule has 0 aliphatic heterocycles. The van der Waals surface area contributed by atoms with Gasteiger partial charge in [0.1, 0.15) is 5.82 Å². The Labute approximate surface area is 114 Å². The van der Waals surface area contributed by atoms with Crippen molar-refractivity contribution in [3.63, 3.8) is 0 Å². The highest BCUT2D eigenvalue weighted by molar-refractivity contribution is 5.73. The number of halogens is 1. The van der Waals surface area contributed by atoms with Crippen molar-refractivity contribution in [2.24, 2.45) is 5.41 Å². The van der Waals surface area contributed by atoms with Crippen molar-refractivity contribution in [3.8, 4) is 0 Å². The quantitative estimate of drug-likeness (QED) is 0.825. The van der Waals surface area contributed by atoms with E-state index in [-0.39, 0.29) is 5.82 Å². The van der Waals surface area contributed by atoms with Crippen LogP contribution in [0.15, 0.2) is 24.3 Å². The van der Waals surface area contributed by atoms with Gasteiger partial charge in [0.2, 0.25) is 0 Å². The van der Waals surface area contributed by atoms with Crippen LogP contribution in [0.25, 0.3) is 0 Å². The van der Waals surface area contributed by atoms with Crippen molar-refractivity contribution in [1.82, 2.24) is 4.90 Å². The SMILES string of the molecule is CN(CCCC(C)(C)C(=O)O)Cc1ccccc1F. The van der Waals surface area contributed by atoms with Gasteiger partial charge in [-0.25, -0.2) is 4.39 Å². The minimum Gasteiger partial charge on any atom is -0.481 e. The van der Waals surface area contributed by atoms with Crippen LogP contribution >= 0.6 is 0 Å². The van der Waals surface area contributed by atoms with E-state index in [1.54, 1.807) is 26.0 Å². The van der Waals surface area contributed by atoms with Gasteiger partial charge in [0.25, 0.3) is 0 Å². The fourth-order valence-electron chi connectivity index (χ4n) is 1.89. The lowest BCUT2D eigenvalue weighted by atomic mass is 9.88. The van der Waals surface area contributed by atoms with E-state index >= 15 is 0 Å². The van der Waals surface area contributed by atoms with Gasteiger partial charge in [0, 0.05) is 12.1 Å². The molecule has 0 amide bonds. The van der Waals surface area contributed by atoms with Crippen molar-refractivity contribution in [1.29, 1.82) is 0 Å². The summed E-state index contributed by atoms with van der Waals surface area (Å²) in [7, 11) is 1.92. The first kappa shape index (κ1) is 15.6. The molecule has 3 nitrogen and oxygen atoms in total. The fraction of sp³-hybridized carbons (Fsp3) is 0.533. The second kappa shape index (κ2) is 6.66. The molecule has 0 radical (unpaired) electrons. The first-order valence-electron chi connectivity index (χ1n) is 6.48. The molecule has 0 aliphatic carbocycles. The number of aliphatic carboxylic acids is 1. The largest absolute Gasteiger partial charge is 0.481 e. The van der Waals surface area contributed by atoms with Gasteiger partial charge in [-0.15, -0.1) is 0 Å². The molecule has 0 spiro atoms. The molecule has 0 heterocycles. The van der Waals surface area contributed by atoms with E-state index in [1.807, 2.05) is 18.0 Å². The standard InChI is InChI=1S/C15H22FNO2/c1-15(2,14(18)19)9-6-10-17(3)11-12-7-4-5-8-13(12)16/h4-5,7-8H,6,9-11H2,1-3H3,(H,18,19). The molecule has 0 bridgehead atoms. The molecule has 106 valence electrons. The second-order valence-electron chi connectivity index (χ2n) is 5.62. The molecule has 0 saturated heterocycles. The molecule has 1 rings (SSSR count). The first-order chi connectivity index (χ1) is 8.83. The van der Waals surface area contributed by atoms with E-state index in [1.165, 1.54) is 6.07 Å². The number of carboxylic acid groups (broad SMARTS) is 1. The smallest absolute Gasteiger partial charge is 0.309 e. The third kappa shape index (κ3) is 4.99. The predicted octanol–water partition coefficient (Wildman–Crippen LogP) is 3.15. The lowest BCUT2D eigenvalue weighted by Crippen LogP contribution is -2.26. The van der Waals surface area contributed by atoms with Crippen LogP contribution in [0.1, 0.15) is 32.3 Å². The molecular formula is C15H22FNO2. The van der Waals surface area contributed by atoms with Crippen LogP contribution in [0.3, 0.4) is 0 Å². The van der Waals surface area contributed by atoms with E-state index in [2.05, 4.69) is 0 Å². The van der Waals surface area contributed by atoms with Crippen LogP contribution < -0.4 is 0 Å². The zero-order valence-corrected chi connectivity index (χ0v) is 11.8. The van der Waals surface area contributed by atoms with Gasteiger partial charge in [-0.1, -0.05) is 18.2 Å². The fourth-order valence-corrected chi connectivity index (χ4v) is 1.89. The minimum atomic E-state index is -0.774. The minimum absolute atomic E-state index is 0.194. The number of benzene rings is 1. The molecule has 0 aromatic heterocycles. The molecule has 1 aromatic rings. The van der Waals surface area contributed by atoms with Crippen LogP contribution in [0.5, 0.6) is 0 Å². The summed E-state index contributed by atoms with van der Waals surface area (Å²) in [5.41, 5.74) is -0.0266. The van der Waals surface area contributed by atoms with Gasteiger partial charge in [-0.2, -0.15) is 0 Å². The zero-order valence-electron chi connectivity index (χ0n) is 11.8. The average Bonchev–Trinajstić information content (AvgIpc) is 2.31. The molecule has 0 saturated carbocycles. The molecule has 1 aromatic carbocycles. The maximum atomic E-state index is 13.5. The Morgan fingerprint density at radius 2 is 2.00 bits per heavy atom. The van der Waals surface area contributed by atoms with Gasteiger partial charge in [0.15, 0.2) is 0 Å². The normalized spacial score (nSPS) is 11.8. The summed E-state index contributed by atoms with van der Waals surface area (Å²) >= 11 is 0. The second-order valence-corrected chi connectivity index (χ2v) is 5.62. The maximum absolute atomic E-state index is 13.5. The summed E-state index contributed by atoms with van der Waals surface area (Å²) in [6, 6.07) is 6.72. The van der Waals surface area contributed by atoms with Crippen LogP contribution in [-0.2, 0) is 11.3 Å². The Morgan fingerprint density at radius 3 is 2.58 bits per heavy atom. The summed E-state index contributed by atoms with van der Waals surface area (Å²) in [4.78, 5) is 13.0. The monoisotopic (exact) mass is 267 g/mol. The Hall–Kier alpha value is -1.42. The third-order valence-corrected chi connectivity index (χ3v) is 3.32. The number of carboxylic acids is 1.